The van der Waals surface area contributed by atoms with Crippen LogP contribution in [0.3, 0.4) is 0 Å². The minimum atomic E-state index is -0.0891. The topological polar surface area (TPSA) is 64.9 Å². The largest absolute Gasteiger partial charge is 0.342 e. The first-order valence-electron chi connectivity index (χ1n) is 6.60. The zero-order valence-corrected chi connectivity index (χ0v) is 10.7. The van der Waals surface area contributed by atoms with E-state index in [0.29, 0.717) is 6.54 Å². The molecular weight excluding hydrogens is 214 g/mol. The van der Waals surface area contributed by atoms with Gasteiger partial charge in [-0.15, -0.1) is 0 Å². The van der Waals surface area contributed by atoms with Crippen molar-refractivity contribution in [3.8, 4) is 6.07 Å². The average Bonchev–Trinajstić information content (AvgIpc) is 2.37. The molecule has 0 aliphatic heterocycles. The van der Waals surface area contributed by atoms with Gasteiger partial charge in [-0.2, -0.15) is 5.26 Å². The molecular formula is C13H23N3O. The van der Waals surface area contributed by atoms with Gasteiger partial charge in [0.05, 0.1) is 12.6 Å². The van der Waals surface area contributed by atoms with Crippen LogP contribution in [-0.4, -0.2) is 25.5 Å². The van der Waals surface area contributed by atoms with Crippen LogP contribution in [0.15, 0.2) is 0 Å². The van der Waals surface area contributed by atoms with Crippen LogP contribution in [0.1, 0.15) is 39.0 Å². The maximum atomic E-state index is 11.2. The van der Waals surface area contributed by atoms with Gasteiger partial charge < -0.3 is 10.6 Å². The molecule has 4 nitrogen and oxygen atoms in total. The van der Waals surface area contributed by atoms with E-state index in [1.807, 2.05) is 6.07 Å². The normalized spacial score (nSPS) is 24.0. The van der Waals surface area contributed by atoms with Crippen molar-refractivity contribution in [2.75, 3.05) is 19.6 Å². The molecule has 0 heterocycles. The van der Waals surface area contributed by atoms with Crippen LogP contribution in [-0.2, 0) is 4.79 Å². The standard InChI is InChI=1S/C13H23N3O/c1-2-11-3-5-12(6-4-11)9-15-10-13(17)16-8-7-14/h11-12,15H,2-6,8-10H2,1H3,(H,16,17). The van der Waals surface area contributed by atoms with Gasteiger partial charge in [0, 0.05) is 0 Å². The second-order valence-electron chi connectivity index (χ2n) is 4.86. The summed E-state index contributed by atoms with van der Waals surface area (Å²) in [7, 11) is 0. The summed E-state index contributed by atoms with van der Waals surface area (Å²) in [6, 6.07) is 1.89. The Balaban J connectivity index is 2.04. The number of nitrogens with one attached hydrogen (secondary N) is 2. The van der Waals surface area contributed by atoms with Crippen LogP contribution >= 0.6 is 0 Å². The van der Waals surface area contributed by atoms with Gasteiger partial charge in [0.2, 0.25) is 5.91 Å². The molecule has 17 heavy (non-hydrogen) atoms. The smallest absolute Gasteiger partial charge is 0.234 e. The lowest BCUT2D eigenvalue weighted by Crippen LogP contribution is -2.36. The fraction of sp³-hybridized carbons (Fsp3) is 0.846. The molecule has 0 atom stereocenters. The Morgan fingerprint density at radius 1 is 1.29 bits per heavy atom. The molecule has 0 radical (unpaired) electrons. The first-order valence-corrected chi connectivity index (χ1v) is 6.60. The second-order valence-corrected chi connectivity index (χ2v) is 4.86. The van der Waals surface area contributed by atoms with E-state index >= 15 is 0 Å². The first-order chi connectivity index (χ1) is 8.26. The van der Waals surface area contributed by atoms with Crippen LogP contribution in [0.5, 0.6) is 0 Å². The molecule has 0 bridgehead atoms. The van der Waals surface area contributed by atoms with E-state index in [0.717, 1.165) is 18.4 Å². The second kappa shape index (κ2) is 8.08. The zero-order chi connectivity index (χ0) is 12.5. The summed E-state index contributed by atoms with van der Waals surface area (Å²) in [5.74, 6) is 1.56. The Morgan fingerprint density at radius 3 is 2.53 bits per heavy atom. The Labute approximate surface area is 104 Å². The molecule has 1 aliphatic rings. The number of carbonyl (C=O) groups is 1. The van der Waals surface area contributed by atoms with Crippen molar-refractivity contribution in [1.29, 1.82) is 5.26 Å². The summed E-state index contributed by atoms with van der Waals surface area (Å²) in [4.78, 5) is 11.2. The molecule has 4 heteroatoms. The van der Waals surface area contributed by atoms with Gasteiger partial charge in [0.25, 0.3) is 0 Å². The molecule has 1 saturated carbocycles. The highest BCUT2D eigenvalue weighted by Gasteiger charge is 2.19. The van der Waals surface area contributed by atoms with Gasteiger partial charge in [-0.25, -0.2) is 0 Å². The Bertz CT molecular complexity index is 264. The van der Waals surface area contributed by atoms with E-state index in [2.05, 4.69) is 17.6 Å². The third kappa shape index (κ3) is 5.69. The van der Waals surface area contributed by atoms with Gasteiger partial charge in [0.1, 0.15) is 6.54 Å². The van der Waals surface area contributed by atoms with Crippen LogP contribution < -0.4 is 10.6 Å². The lowest BCUT2D eigenvalue weighted by molar-refractivity contribution is -0.120. The summed E-state index contributed by atoms with van der Waals surface area (Å²) in [6.45, 7) is 3.62. The van der Waals surface area contributed by atoms with Gasteiger partial charge in [-0.05, 0) is 31.2 Å². The Hall–Kier alpha value is -1.08. The van der Waals surface area contributed by atoms with Crippen molar-refractivity contribution < 1.29 is 4.79 Å². The van der Waals surface area contributed by atoms with Gasteiger partial charge in [-0.3, -0.25) is 4.79 Å². The van der Waals surface area contributed by atoms with Crippen LogP contribution in [0.4, 0.5) is 0 Å². The number of rotatable bonds is 6. The van der Waals surface area contributed by atoms with Gasteiger partial charge >= 0.3 is 0 Å². The summed E-state index contributed by atoms with van der Waals surface area (Å²) in [6.07, 6.45) is 6.54. The van der Waals surface area contributed by atoms with Crippen molar-refractivity contribution >= 4 is 5.91 Å². The molecule has 2 N–H and O–H groups in total. The lowest BCUT2D eigenvalue weighted by Gasteiger charge is -2.27. The number of hydrogen-bond donors (Lipinski definition) is 2. The highest BCUT2D eigenvalue weighted by molar-refractivity contribution is 5.78. The molecule has 0 spiro atoms. The van der Waals surface area contributed by atoms with Crippen LogP contribution in [0.25, 0.3) is 0 Å². The van der Waals surface area contributed by atoms with Crippen molar-refractivity contribution in [3.63, 3.8) is 0 Å². The van der Waals surface area contributed by atoms with E-state index in [1.165, 1.54) is 32.1 Å². The highest BCUT2D eigenvalue weighted by Crippen LogP contribution is 2.29. The van der Waals surface area contributed by atoms with Gasteiger partial charge in [-0.1, -0.05) is 26.2 Å². The molecule has 1 aliphatic carbocycles. The fourth-order valence-electron chi connectivity index (χ4n) is 2.43. The van der Waals surface area contributed by atoms with E-state index in [4.69, 9.17) is 5.26 Å². The summed E-state index contributed by atoms with van der Waals surface area (Å²) < 4.78 is 0. The molecule has 96 valence electrons. The molecule has 1 rings (SSSR count). The minimum Gasteiger partial charge on any atom is -0.342 e. The monoisotopic (exact) mass is 237 g/mol. The first kappa shape index (κ1) is 14.0. The maximum Gasteiger partial charge on any atom is 0.234 e. The van der Waals surface area contributed by atoms with Gasteiger partial charge in [0.15, 0.2) is 0 Å². The Kier molecular flexibility index (Phi) is 6.64. The lowest BCUT2D eigenvalue weighted by atomic mass is 9.81. The molecule has 0 aromatic rings. The van der Waals surface area contributed by atoms with Crippen LogP contribution in [0, 0.1) is 23.2 Å². The average molecular weight is 237 g/mol. The summed E-state index contributed by atoms with van der Waals surface area (Å²) in [5.41, 5.74) is 0. The van der Waals surface area contributed by atoms with Crippen molar-refractivity contribution in [2.45, 2.75) is 39.0 Å². The fourth-order valence-corrected chi connectivity index (χ4v) is 2.43. The quantitative estimate of drug-likeness (QED) is 0.687. The summed E-state index contributed by atoms with van der Waals surface area (Å²) in [5, 5.41) is 14.0. The van der Waals surface area contributed by atoms with E-state index in [1.54, 1.807) is 0 Å². The molecule has 1 fully saturated rings. The van der Waals surface area contributed by atoms with E-state index in [-0.39, 0.29) is 12.5 Å². The Morgan fingerprint density at radius 2 is 1.94 bits per heavy atom. The van der Waals surface area contributed by atoms with E-state index < -0.39 is 0 Å². The predicted octanol–water partition coefficient (Wildman–Crippen LogP) is 1.43. The number of hydrogen-bond acceptors (Lipinski definition) is 3. The van der Waals surface area contributed by atoms with Crippen molar-refractivity contribution in [1.82, 2.24) is 10.6 Å². The predicted molar refractivity (Wildman–Crippen MR) is 67.2 cm³/mol. The number of nitriles is 1. The molecule has 0 aromatic heterocycles. The third-order valence-electron chi connectivity index (χ3n) is 3.63. The maximum absolute atomic E-state index is 11.2. The molecule has 0 saturated heterocycles. The minimum absolute atomic E-state index is 0.0891. The number of carbonyl (C=O) groups excluding carboxylic acids is 1. The molecule has 0 aromatic carbocycles. The van der Waals surface area contributed by atoms with Crippen LogP contribution in [0.2, 0.25) is 0 Å². The number of nitrogens with zero attached hydrogens (tertiary/aromatic N) is 1. The third-order valence-corrected chi connectivity index (χ3v) is 3.63. The van der Waals surface area contributed by atoms with E-state index in [9.17, 15) is 4.79 Å². The summed E-state index contributed by atoms with van der Waals surface area (Å²) >= 11 is 0. The molecule has 0 unspecified atom stereocenters. The SMILES string of the molecule is CCC1CCC(CNCC(=O)NCC#N)CC1. The zero-order valence-electron chi connectivity index (χ0n) is 10.7. The van der Waals surface area contributed by atoms with Crippen molar-refractivity contribution in [2.24, 2.45) is 11.8 Å². The highest BCUT2D eigenvalue weighted by atomic mass is 16.1. The number of amides is 1. The molecule has 1 amide bonds. The van der Waals surface area contributed by atoms with Crippen molar-refractivity contribution in [3.05, 3.63) is 0 Å².